The highest BCUT2D eigenvalue weighted by molar-refractivity contribution is 5.80. The summed E-state index contributed by atoms with van der Waals surface area (Å²) in [5, 5.41) is 0. The summed E-state index contributed by atoms with van der Waals surface area (Å²) in [6.45, 7) is 5.36. The molecule has 0 aliphatic heterocycles. The third-order valence-corrected chi connectivity index (χ3v) is 6.07. The first kappa shape index (κ1) is 15.8. The van der Waals surface area contributed by atoms with Crippen molar-refractivity contribution in [3.05, 3.63) is 0 Å². The molecule has 0 spiro atoms. The van der Waals surface area contributed by atoms with Crippen LogP contribution >= 0.6 is 0 Å². The summed E-state index contributed by atoms with van der Waals surface area (Å²) >= 11 is 0. The Bertz CT molecular complexity index is 430. The number of rotatable bonds is 5. The number of hydrogen-bond acceptors (Lipinski definition) is 4. The largest absolute Gasteiger partial charge is 0.457 e. The Morgan fingerprint density at radius 3 is 2.00 bits per heavy atom. The number of carbonyl (C=O) groups is 2. The van der Waals surface area contributed by atoms with Gasteiger partial charge >= 0.3 is 11.9 Å². The maximum Gasteiger partial charge on any atom is 0.344 e. The maximum absolute atomic E-state index is 12.1. The second-order valence-corrected chi connectivity index (χ2v) is 8.39. The molecule has 4 rings (SSSR count). The molecule has 4 aliphatic carbocycles. The van der Waals surface area contributed by atoms with Gasteiger partial charge in [0.1, 0.15) is 5.60 Å². The first-order valence-corrected chi connectivity index (χ1v) is 8.71. The highest BCUT2D eigenvalue weighted by Crippen LogP contribution is 2.57. The van der Waals surface area contributed by atoms with Crippen LogP contribution in [0.2, 0.25) is 0 Å². The van der Waals surface area contributed by atoms with Crippen molar-refractivity contribution in [2.45, 2.75) is 71.3 Å². The molecular weight excluding hydrogens is 280 g/mol. The second kappa shape index (κ2) is 5.54. The zero-order valence-corrected chi connectivity index (χ0v) is 14.0. The minimum Gasteiger partial charge on any atom is -0.457 e. The molecule has 4 fully saturated rings. The van der Waals surface area contributed by atoms with E-state index in [0.29, 0.717) is 6.42 Å². The van der Waals surface area contributed by atoms with Gasteiger partial charge in [0.15, 0.2) is 6.61 Å². The van der Waals surface area contributed by atoms with Gasteiger partial charge < -0.3 is 9.47 Å². The van der Waals surface area contributed by atoms with Crippen molar-refractivity contribution in [2.24, 2.45) is 23.2 Å². The van der Waals surface area contributed by atoms with Gasteiger partial charge in [-0.25, -0.2) is 4.79 Å². The lowest BCUT2D eigenvalue weighted by Gasteiger charge is -2.55. The van der Waals surface area contributed by atoms with Crippen molar-refractivity contribution in [2.75, 3.05) is 6.61 Å². The van der Waals surface area contributed by atoms with Crippen LogP contribution in [0.5, 0.6) is 0 Å². The summed E-state index contributed by atoms with van der Waals surface area (Å²) in [5.41, 5.74) is -0.792. The second-order valence-electron chi connectivity index (χ2n) is 8.39. The van der Waals surface area contributed by atoms with Crippen LogP contribution in [0.3, 0.4) is 0 Å². The summed E-state index contributed by atoms with van der Waals surface area (Å²) in [7, 11) is 0. The van der Waals surface area contributed by atoms with Gasteiger partial charge in [-0.05, 0) is 76.5 Å². The molecule has 4 nitrogen and oxygen atoms in total. The molecule has 4 saturated carbocycles. The highest BCUT2D eigenvalue weighted by Gasteiger charge is 2.53. The molecule has 0 heterocycles. The summed E-state index contributed by atoms with van der Waals surface area (Å²) in [5.74, 6) is 1.52. The van der Waals surface area contributed by atoms with Gasteiger partial charge in [-0.15, -0.1) is 0 Å². The molecule has 0 unspecified atom stereocenters. The monoisotopic (exact) mass is 308 g/mol. The van der Waals surface area contributed by atoms with Crippen molar-refractivity contribution in [3.63, 3.8) is 0 Å². The summed E-state index contributed by atoms with van der Waals surface area (Å²) in [6.07, 6.45) is 7.68. The fourth-order valence-electron chi connectivity index (χ4n) is 4.89. The van der Waals surface area contributed by atoms with Gasteiger partial charge in [-0.1, -0.05) is 6.92 Å². The van der Waals surface area contributed by atoms with Crippen LogP contribution in [0.1, 0.15) is 65.7 Å². The van der Waals surface area contributed by atoms with Crippen LogP contribution in [0.4, 0.5) is 0 Å². The lowest BCUT2D eigenvalue weighted by Crippen LogP contribution is -2.53. The molecule has 0 aromatic heterocycles. The van der Waals surface area contributed by atoms with Gasteiger partial charge in [0.2, 0.25) is 0 Å². The Morgan fingerprint density at radius 1 is 1.05 bits per heavy atom. The van der Waals surface area contributed by atoms with E-state index in [-0.39, 0.29) is 24.1 Å². The standard InChI is InChI=1S/C18H28O4/c1-4-17(2,3)16(20)21-11-15(19)22-18-8-12-5-13(9-18)7-14(6-12)10-18/h12-14H,4-11H2,1-3H3. The molecular formula is C18H28O4. The SMILES string of the molecule is CCC(C)(C)C(=O)OCC(=O)OC12CC3CC(CC(C3)C1)C2. The molecule has 4 heteroatoms. The molecule has 0 radical (unpaired) electrons. The molecule has 22 heavy (non-hydrogen) atoms. The van der Waals surface area contributed by atoms with E-state index in [1.807, 2.05) is 20.8 Å². The highest BCUT2D eigenvalue weighted by atomic mass is 16.6. The van der Waals surface area contributed by atoms with Crippen LogP contribution < -0.4 is 0 Å². The third kappa shape index (κ3) is 3.02. The molecule has 4 bridgehead atoms. The van der Waals surface area contributed by atoms with E-state index in [1.54, 1.807) is 0 Å². The Morgan fingerprint density at radius 2 is 1.55 bits per heavy atom. The van der Waals surface area contributed by atoms with Crippen LogP contribution in [-0.2, 0) is 19.1 Å². The molecule has 0 atom stereocenters. The number of ether oxygens (including phenoxy) is 2. The maximum atomic E-state index is 12.1. The molecule has 0 aromatic carbocycles. The van der Waals surface area contributed by atoms with Gasteiger partial charge in [-0.2, -0.15) is 0 Å². The Hall–Kier alpha value is -1.06. The molecule has 0 saturated heterocycles. The Balaban J connectivity index is 1.53. The normalized spacial score (nSPS) is 36.2. The van der Waals surface area contributed by atoms with Gasteiger partial charge in [-0.3, -0.25) is 4.79 Å². The summed E-state index contributed by atoms with van der Waals surface area (Å²) in [4.78, 5) is 24.1. The van der Waals surface area contributed by atoms with Crippen LogP contribution in [0.15, 0.2) is 0 Å². The quantitative estimate of drug-likeness (QED) is 0.730. The Labute approximate surface area is 132 Å². The molecule has 124 valence electrons. The van der Waals surface area contributed by atoms with E-state index in [0.717, 1.165) is 37.0 Å². The topological polar surface area (TPSA) is 52.6 Å². The molecule has 4 aliphatic rings. The van der Waals surface area contributed by atoms with E-state index in [1.165, 1.54) is 19.3 Å². The smallest absolute Gasteiger partial charge is 0.344 e. The first-order chi connectivity index (χ1) is 10.3. The predicted octanol–water partition coefficient (Wildman–Crippen LogP) is 3.48. The van der Waals surface area contributed by atoms with E-state index in [4.69, 9.17) is 9.47 Å². The fourth-order valence-corrected chi connectivity index (χ4v) is 4.89. The third-order valence-electron chi connectivity index (χ3n) is 6.07. The lowest BCUT2D eigenvalue weighted by molar-refractivity contribution is -0.193. The fraction of sp³-hybridized carbons (Fsp3) is 0.889. The molecule has 0 amide bonds. The van der Waals surface area contributed by atoms with Crippen LogP contribution in [-0.4, -0.2) is 24.1 Å². The van der Waals surface area contributed by atoms with Gasteiger partial charge in [0.05, 0.1) is 5.41 Å². The Kier molecular flexibility index (Phi) is 3.98. The van der Waals surface area contributed by atoms with Crippen LogP contribution in [0.25, 0.3) is 0 Å². The van der Waals surface area contributed by atoms with Crippen molar-refractivity contribution in [1.82, 2.24) is 0 Å². The van der Waals surface area contributed by atoms with E-state index < -0.39 is 5.41 Å². The zero-order valence-electron chi connectivity index (χ0n) is 14.0. The zero-order chi connectivity index (χ0) is 16.0. The van der Waals surface area contributed by atoms with Gasteiger partial charge in [0.25, 0.3) is 0 Å². The van der Waals surface area contributed by atoms with Crippen molar-refractivity contribution >= 4 is 11.9 Å². The lowest BCUT2D eigenvalue weighted by atomic mass is 9.54. The number of hydrogen-bond donors (Lipinski definition) is 0. The number of carbonyl (C=O) groups excluding carboxylic acids is 2. The van der Waals surface area contributed by atoms with Crippen molar-refractivity contribution in [1.29, 1.82) is 0 Å². The van der Waals surface area contributed by atoms with E-state index >= 15 is 0 Å². The van der Waals surface area contributed by atoms with E-state index in [2.05, 4.69) is 0 Å². The summed E-state index contributed by atoms with van der Waals surface area (Å²) < 4.78 is 11.0. The average molecular weight is 308 g/mol. The molecule has 0 N–H and O–H groups in total. The first-order valence-electron chi connectivity index (χ1n) is 8.71. The average Bonchev–Trinajstić information content (AvgIpc) is 2.42. The predicted molar refractivity (Wildman–Crippen MR) is 82.0 cm³/mol. The summed E-state index contributed by atoms with van der Waals surface area (Å²) in [6, 6.07) is 0. The van der Waals surface area contributed by atoms with Crippen molar-refractivity contribution < 1.29 is 19.1 Å². The number of esters is 2. The molecule has 0 aromatic rings. The minimum absolute atomic E-state index is 0.246. The minimum atomic E-state index is -0.541. The van der Waals surface area contributed by atoms with Gasteiger partial charge in [0, 0.05) is 0 Å². The van der Waals surface area contributed by atoms with Crippen LogP contribution in [0, 0.1) is 23.2 Å². The van der Waals surface area contributed by atoms with Crippen molar-refractivity contribution in [3.8, 4) is 0 Å². The van der Waals surface area contributed by atoms with E-state index in [9.17, 15) is 9.59 Å².